The predicted octanol–water partition coefficient (Wildman–Crippen LogP) is 3.50. The summed E-state index contributed by atoms with van der Waals surface area (Å²) in [7, 11) is 0. The minimum atomic E-state index is 0.0898. The Kier molecular flexibility index (Phi) is 5.70. The molecule has 0 radical (unpaired) electrons. The second-order valence-corrected chi connectivity index (χ2v) is 7.72. The number of carbonyl (C=O) groups is 2. The quantitative estimate of drug-likeness (QED) is 0.774. The zero-order chi connectivity index (χ0) is 19.3. The second kappa shape index (κ2) is 8.55. The van der Waals surface area contributed by atoms with Crippen molar-refractivity contribution in [3.8, 4) is 0 Å². The molecule has 0 bridgehead atoms. The van der Waals surface area contributed by atoms with Crippen molar-refractivity contribution in [3.63, 3.8) is 0 Å². The molecule has 1 saturated heterocycles. The highest BCUT2D eigenvalue weighted by Gasteiger charge is 2.30. The summed E-state index contributed by atoms with van der Waals surface area (Å²) < 4.78 is 0. The summed E-state index contributed by atoms with van der Waals surface area (Å²) >= 11 is 0. The van der Waals surface area contributed by atoms with Gasteiger partial charge in [0.25, 0.3) is 0 Å². The smallest absolute Gasteiger partial charge is 0.225 e. The van der Waals surface area contributed by atoms with E-state index in [1.165, 1.54) is 11.1 Å². The van der Waals surface area contributed by atoms with Gasteiger partial charge in [-0.25, -0.2) is 0 Å². The van der Waals surface area contributed by atoms with Gasteiger partial charge in [-0.15, -0.1) is 0 Å². The van der Waals surface area contributed by atoms with E-state index in [1.807, 2.05) is 28.1 Å². The molecular formula is C23H27N3O2. The fourth-order valence-electron chi connectivity index (χ4n) is 4.43. The van der Waals surface area contributed by atoms with Crippen LogP contribution in [-0.4, -0.2) is 39.7 Å². The average molecular weight is 377 g/mol. The van der Waals surface area contributed by atoms with Crippen LogP contribution >= 0.6 is 0 Å². The molecule has 0 spiro atoms. The fraction of sp³-hybridized carbons (Fsp3) is 0.435. The number of likely N-dealkylation sites (tertiary alicyclic amines) is 1. The number of aryl methyl sites for hydroxylation is 1. The van der Waals surface area contributed by atoms with Gasteiger partial charge in [0, 0.05) is 44.9 Å². The van der Waals surface area contributed by atoms with Crippen LogP contribution in [-0.2, 0) is 22.6 Å². The van der Waals surface area contributed by atoms with Crippen molar-refractivity contribution >= 4 is 11.8 Å². The lowest BCUT2D eigenvalue weighted by Crippen LogP contribution is -2.38. The second-order valence-electron chi connectivity index (χ2n) is 7.72. The van der Waals surface area contributed by atoms with Crippen molar-refractivity contribution in [2.24, 2.45) is 0 Å². The molecule has 1 atom stereocenters. The normalized spacial score (nSPS) is 18.8. The highest BCUT2D eigenvalue weighted by molar-refractivity contribution is 5.80. The molecule has 0 N–H and O–H groups in total. The Bertz CT molecular complexity index is 837. The lowest BCUT2D eigenvalue weighted by Gasteiger charge is -2.36. The first kappa shape index (κ1) is 18.7. The van der Waals surface area contributed by atoms with Crippen molar-refractivity contribution in [1.82, 2.24) is 14.8 Å². The molecule has 1 fully saturated rings. The molecule has 146 valence electrons. The molecule has 4 rings (SSSR count). The van der Waals surface area contributed by atoms with Crippen LogP contribution in [0.3, 0.4) is 0 Å². The summed E-state index contributed by atoms with van der Waals surface area (Å²) in [5, 5.41) is 0. The standard InChI is InChI=1S/C23H27N3O2/c27-22-11-5-14-25(22)15-12-23(28)26(17-18-6-4-13-24-16-18)21-10-3-8-19-7-1-2-9-20(19)21/h1-2,4,6-7,9,13,16,21H,3,5,8,10-12,14-15,17H2/t21-/m0/s1. The van der Waals surface area contributed by atoms with E-state index in [0.29, 0.717) is 25.9 Å². The summed E-state index contributed by atoms with van der Waals surface area (Å²) in [5.41, 5.74) is 3.65. The summed E-state index contributed by atoms with van der Waals surface area (Å²) in [4.78, 5) is 33.2. The summed E-state index contributed by atoms with van der Waals surface area (Å²) in [5.74, 6) is 0.292. The molecule has 0 unspecified atom stereocenters. The fourth-order valence-corrected chi connectivity index (χ4v) is 4.43. The van der Waals surface area contributed by atoms with Gasteiger partial charge in [0.2, 0.25) is 11.8 Å². The van der Waals surface area contributed by atoms with Gasteiger partial charge >= 0.3 is 0 Å². The number of carbonyl (C=O) groups excluding carboxylic acids is 2. The molecule has 2 aromatic rings. The molecule has 2 amide bonds. The first-order chi connectivity index (χ1) is 13.7. The number of amides is 2. The van der Waals surface area contributed by atoms with Gasteiger partial charge in [-0.3, -0.25) is 14.6 Å². The van der Waals surface area contributed by atoms with E-state index >= 15 is 0 Å². The van der Waals surface area contributed by atoms with Crippen molar-refractivity contribution in [1.29, 1.82) is 0 Å². The van der Waals surface area contributed by atoms with E-state index in [-0.39, 0.29) is 17.9 Å². The largest absolute Gasteiger partial charge is 0.342 e. The molecule has 2 heterocycles. The Labute approximate surface area is 166 Å². The third kappa shape index (κ3) is 4.08. The molecule has 1 aromatic heterocycles. The summed E-state index contributed by atoms with van der Waals surface area (Å²) in [6, 6.07) is 12.5. The Hall–Kier alpha value is -2.69. The van der Waals surface area contributed by atoms with E-state index in [9.17, 15) is 9.59 Å². The number of hydrogen-bond donors (Lipinski definition) is 0. The zero-order valence-corrected chi connectivity index (χ0v) is 16.2. The molecule has 0 saturated carbocycles. The Morgan fingerprint density at radius 2 is 2.04 bits per heavy atom. The molecule has 5 nitrogen and oxygen atoms in total. The van der Waals surface area contributed by atoms with Gasteiger partial charge in [-0.05, 0) is 48.4 Å². The van der Waals surface area contributed by atoms with Crippen LogP contribution in [0.4, 0.5) is 0 Å². The van der Waals surface area contributed by atoms with Crippen molar-refractivity contribution in [2.75, 3.05) is 13.1 Å². The van der Waals surface area contributed by atoms with Gasteiger partial charge in [0.15, 0.2) is 0 Å². The van der Waals surface area contributed by atoms with Crippen LogP contribution in [0.25, 0.3) is 0 Å². The number of rotatable bonds is 6. The molecule has 1 aromatic carbocycles. The van der Waals surface area contributed by atoms with E-state index in [0.717, 1.165) is 37.8 Å². The number of pyridine rings is 1. The third-order valence-corrected chi connectivity index (χ3v) is 5.88. The Morgan fingerprint density at radius 1 is 1.14 bits per heavy atom. The van der Waals surface area contributed by atoms with E-state index in [4.69, 9.17) is 0 Å². The van der Waals surface area contributed by atoms with E-state index in [1.54, 1.807) is 6.20 Å². The van der Waals surface area contributed by atoms with E-state index in [2.05, 4.69) is 29.2 Å². The summed E-state index contributed by atoms with van der Waals surface area (Å²) in [6.07, 6.45) is 8.62. The van der Waals surface area contributed by atoms with Crippen LogP contribution in [0.15, 0.2) is 48.8 Å². The molecule has 1 aliphatic heterocycles. The lowest BCUT2D eigenvalue weighted by atomic mass is 9.86. The molecule has 2 aliphatic rings. The first-order valence-electron chi connectivity index (χ1n) is 10.3. The monoisotopic (exact) mass is 377 g/mol. The Morgan fingerprint density at radius 3 is 2.82 bits per heavy atom. The van der Waals surface area contributed by atoms with Gasteiger partial charge in [-0.2, -0.15) is 0 Å². The maximum absolute atomic E-state index is 13.3. The maximum Gasteiger partial charge on any atom is 0.225 e. The lowest BCUT2D eigenvalue weighted by molar-refractivity contribution is -0.136. The maximum atomic E-state index is 13.3. The molecule has 5 heteroatoms. The third-order valence-electron chi connectivity index (χ3n) is 5.88. The molecular weight excluding hydrogens is 350 g/mol. The Balaban J connectivity index is 1.55. The van der Waals surface area contributed by atoms with Crippen LogP contribution in [0.2, 0.25) is 0 Å². The van der Waals surface area contributed by atoms with E-state index < -0.39 is 0 Å². The first-order valence-corrected chi connectivity index (χ1v) is 10.3. The van der Waals surface area contributed by atoms with Crippen LogP contribution in [0, 0.1) is 0 Å². The number of benzene rings is 1. The minimum absolute atomic E-state index is 0.0898. The number of aromatic nitrogens is 1. The zero-order valence-electron chi connectivity index (χ0n) is 16.2. The molecule has 1 aliphatic carbocycles. The highest BCUT2D eigenvalue weighted by atomic mass is 16.2. The highest BCUT2D eigenvalue weighted by Crippen LogP contribution is 2.35. The van der Waals surface area contributed by atoms with Crippen LogP contribution < -0.4 is 0 Å². The minimum Gasteiger partial charge on any atom is -0.342 e. The average Bonchev–Trinajstić information content (AvgIpc) is 3.15. The predicted molar refractivity (Wildman–Crippen MR) is 107 cm³/mol. The number of nitrogens with zero attached hydrogens (tertiary/aromatic N) is 3. The number of hydrogen-bond acceptors (Lipinski definition) is 3. The topological polar surface area (TPSA) is 53.5 Å². The van der Waals surface area contributed by atoms with Crippen LogP contribution in [0.5, 0.6) is 0 Å². The SMILES string of the molecule is O=C1CCCN1CCC(=O)N(Cc1cccnc1)[C@H]1CCCc2ccccc21. The van der Waals surface area contributed by atoms with Crippen molar-refractivity contribution < 1.29 is 9.59 Å². The van der Waals surface area contributed by atoms with Crippen molar-refractivity contribution in [3.05, 3.63) is 65.5 Å². The van der Waals surface area contributed by atoms with Gasteiger partial charge in [0.05, 0.1) is 6.04 Å². The van der Waals surface area contributed by atoms with Crippen LogP contribution in [0.1, 0.15) is 54.8 Å². The van der Waals surface area contributed by atoms with Gasteiger partial charge in [0.1, 0.15) is 0 Å². The molecule has 28 heavy (non-hydrogen) atoms. The van der Waals surface area contributed by atoms with Crippen molar-refractivity contribution in [2.45, 2.75) is 51.1 Å². The summed E-state index contributed by atoms with van der Waals surface area (Å²) in [6.45, 7) is 1.86. The van der Waals surface area contributed by atoms with Gasteiger partial charge < -0.3 is 9.80 Å². The number of fused-ring (bicyclic) bond motifs is 1. The van der Waals surface area contributed by atoms with Gasteiger partial charge in [-0.1, -0.05) is 30.3 Å².